The van der Waals surface area contributed by atoms with E-state index in [0.717, 1.165) is 12.8 Å². The first-order chi connectivity index (χ1) is 31.0. The molecule has 0 amide bonds. The van der Waals surface area contributed by atoms with Crippen LogP contribution in [-0.4, -0.2) is 176 Å². The van der Waals surface area contributed by atoms with E-state index < -0.39 is 135 Å². The Balaban J connectivity index is 2.11. The van der Waals surface area contributed by atoms with Crippen LogP contribution in [0.1, 0.15) is 91.9 Å². The normalized spacial score (nSPS) is 31.4. The van der Waals surface area contributed by atoms with Crippen molar-refractivity contribution in [2.24, 2.45) is 23.5 Å². The van der Waals surface area contributed by atoms with E-state index in [9.17, 15) is 70.9 Å². The molecule has 0 saturated carbocycles. The van der Waals surface area contributed by atoms with Crippen LogP contribution in [0, 0.1) is 17.8 Å². The molecule has 0 spiro atoms. The number of hydrogen-bond acceptors (Lipinski definition) is 17. The Labute approximate surface area is 387 Å². The Morgan fingerprint density at radius 2 is 1.35 bits per heavy atom. The number of unbranched alkanes of at least 4 members (excludes halogenated alkanes) is 1. The zero-order chi connectivity index (χ0) is 49.7. The summed E-state index contributed by atoms with van der Waals surface area (Å²) in [4.78, 5) is 23.2. The Hall–Kier alpha value is -3.22. The molecule has 0 aromatic heterocycles. The van der Waals surface area contributed by atoms with Crippen molar-refractivity contribution < 1.29 is 90.2 Å². The van der Waals surface area contributed by atoms with Gasteiger partial charge in [0, 0.05) is 31.1 Å². The van der Waals surface area contributed by atoms with Crippen LogP contribution in [0.5, 0.6) is 0 Å². The van der Waals surface area contributed by atoms with Crippen LogP contribution in [0.4, 0.5) is 0 Å². The lowest BCUT2D eigenvalue weighted by molar-refractivity contribution is -0.310. The fourth-order valence-electron chi connectivity index (χ4n) is 7.77. The minimum absolute atomic E-state index is 0.109. The molecule has 2 fully saturated rings. The molecule has 0 bridgehead atoms. The molecule has 0 aliphatic carbocycles. The number of aliphatic hydroxyl groups excluding tert-OH is 10. The van der Waals surface area contributed by atoms with E-state index in [4.69, 9.17) is 25.1 Å². The molecule has 66 heavy (non-hydrogen) atoms. The van der Waals surface area contributed by atoms with Crippen LogP contribution >= 0.6 is 0 Å². The van der Waals surface area contributed by atoms with Crippen molar-refractivity contribution in [3.63, 3.8) is 0 Å². The van der Waals surface area contributed by atoms with Gasteiger partial charge >= 0.3 is 11.9 Å². The van der Waals surface area contributed by atoms with Gasteiger partial charge in [-0.2, -0.15) is 0 Å². The maximum Gasteiger partial charge on any atom is 0.311 e. The third kappa shape index (κ3) is 21.0. The Kier molecular flexibility index (Phi) is 26.4. The number of aliphatic hydroxyl groups is 11. The zero-order valence-corrected chi connectivity index (χ0v) is 38.3. The quantitative estimate of drug-likeness (QED) is 0.0358. The predicted octanol–water partition coefficient (Wildman–Crippen LogP) is 0.456. The van der Waals surface area contributed by atoms with E-state index in [-0.39, 0.29) is 43.9 Å². The van der Waals surface area contributed by atoms with E-state index in [0.29, 0.717) is 0 Å². The van der Waals surface area contributed by atoms with Crippen LogP contribution in [0.15, 0.2) is 72.9 Å². The maximum atomic E-state index is 12.5. The highest BCUT2D eigenvalue weighted by Gasteiger charge is 2.51. The highest BCUT2D eigenvalue weighted by atomic mass is 16.7. The first-order valence-corrected chi connectivity index (χ1v) is 22.7. The first kappa shape index (κ1) is 58.9. The Morgan fingerprint density at radius 3 is 1.95 bits per heavy atom. The second-order valence-electron chi connectivity index (χ2n) is 17.8. The number of ether oxygens (including phenoxy) is 3. The van der Waals surface area contributed by atoms with Crippen molar-refractivity contribution in [2.45, 2.75) is 189 Å². The largest absolute Gasteiger partial charge is 0.481 e. The third-order valence-electron chi connectivity index (χ3n) is 12.0. The molecule has 2 rings (SSSR count). The summed E-state index contributed by atoms with van der Waals surface area (Å²) in [5.41, 5.74) is 6.01. The number of carbonyl (C=O) groups is 2. The summed E-state index contributed by atoms with van der Waals surface area (Å²) in [5.74, 6) is -7.05. The summed E-state index contributed by atoms with van der Waals surface area (Å²) < 4.78 is 17.6. The lowest BCUT2D eigenvalue weighted by Gasteiger charge is -2.45. The molecule has 19 nitrogen and oxygen atoms in total. The first-order valence-electron chi connectivity index (χ1n) is 22.7. The number of carboxylic acids is 2. The van der Waals surface area contributed by atoms with Crippen molar-refractivity contribution in [1.29, 1.82) is 0 Å². The number of carboxylic acid groups (broad SMARTS) is 2. The molecule has 15 N–H and O–H groups in total. The highest BCUT2D eigenvalue weighted by molar-refractivity contribution is 5.71. The second kappa shape index (κ2) is 29.6. The summed E-state index contributed by atoms with van der Waals surface area (Å²) in [6.45, 7) is 6.88. The fourth-order valence-corrected chi connectivity index (χ4v) is 7.77. The van der Waals surface area contributed by atoms with Gasteiger partial charge in [-0.1, -0.05) is 86.8 Å². The van der Waals surface area contributed by atoms with Gasteiger partial charge in [-0.3, -0.25) is 9.59 Å². The zero-order valence-electron chi connectivity index (χ0n) is 38.3. The summed E-state index contributed by atoms with van der Waals surface area (Å²) in [6, 6.07) is -1.16. The number of allylic oxidation sites excluding steroid dienone is 10. The van der Waals surface area contributed by atoms with Crippen LogP contribution in [0.3, 0.4) is 0 Å². The van der Waals surface area contributed by atoms with E-state index in [1.165, 1.54) is 13.0 Å². The number of aliphatic carboxylic acids is 2. The lowest BCUT2D eigenvalue weighted by Crippen LogP contribution is -2.61. The van der Waals surface area contributed by atoms with Crippen LogP contribution < -0.4 is 5.73 Å². The Bertz CT molecular complexity index is 1600. The van der Waals surface area contributed by atoms with Gasteiger partial charge in [0.25, 0.3) is 0 Å². The number of hydrogen-bond donors (Lipinski definition) is 14. The van der Waals surface area contributed by atoms with E-state index in [2.05, 4.69) is 0 Å². The van der Waals surface area contributed by atoms with Gasteiger partial charge in [0.1, 0.15) is 12.0 Å². The van der Waals surface area contributed by atoms with Gasteiger partial charge in [0.15, 0.2) is 12.1 Å². The molecule has 2 heterocycles. The minimum Gasteiger partial charge on any atom is -0.481 e. The number of nitrogens with two attached hydrogens (primary N) is 1. The molecule has 0 radical (unpaired) electrons. The van der Waals surface area contributed by atoms with Crippen molar-refractivity contribution >= 4 is 11.9 Å². The average Bonchev–Trinajstić information content (AvgIpc) is 3.22. The molecule has 2 aliphatic heterocycles. The molecule has 378 valence electrons. The van der Waals surface area contributed by atoms with Gasteiger partial charge in [-0.05, 0) is 52.4 Å². The smallest absolute Gasteiger partial charge is 0.311 e. The molecule has 2 aliphatic rings. The summed E-state index contributed by atoms with van der Waals surface area (Å²) >= 11 is 0. The highest BCUT2D eigenvalue weighted by Crippen LogP contribution is 2.38. The van der Waals surface area contributed by atoms with E-state index >= 15 is 0 Å². The topological polar surface area (TPSA) is 351 Å². The van der Waals surface area contributed by atoms with E-state index in [1.54, 1.807) is 38.2 Å². The monoisotopic (exact) mass is 944 g/mol. The predicted molar refractivity (Wildman–Crippen MR) is 241 cm³/mol. The van der Waals surface area contributed by atoms with Crippen LogP contribution in [0.25, 0.3) is 0 Å². The minimum atomic E-state index is -2.37. The summed E-state index contributed by atoms with van der Waals surface area (Å²) in [6.07, 6.45) is 2.24. The van der Waals surface area contributed by atoms with Crippen molar-refractivity contribution in [2.75, 3.05) is 0 Å². The third-order valence-corrected chi connectivity index (χ3v) is 12.0. The average molecular weight is 944 g/mol. The molecule has 0 aromatic carbocycles. The van der Waals surface area contributed by atoms with Gasteiger partial charge in [-0.15, -0.1) is 0 Å². The molecule has 19 heteroatoms. The van der Waals surface area contributed by atoms with Crippen molar-refractivity contribution in [3.8, 4) is 0 Å². The standard InChI is InChI=1S/C47H77NO18/c1-27(42(58)28(2)29(3)49)17-15-13-11-9-7-5-6-8-10-12-14-16-18-34(65-46-44(60)41(48)43(59)30(4)64-46)24-38-40(45(61)62)37(55)26-47(63,66-38)25-36(54)35(53)20-19-31(50)21-32(51)22-33(52)23-39(56)57/h5-6,8,10-18,27-38,40-44,46,49-55,58-60,63H,7,9,19-26,48H2,1-4H3,(H,56,57)(H,61,62)/b6-5+,10-8+,13-11+,14-12+,17-15+,18-16+/t27-,28-,29-,30+,31+,32+,33+,34-,35+,36+,37-,38-,40+,41-,42+,43+,44-,46-,47+/m0/s1. The Morgan fingerprint density at radius 1 is 0.773 bits per heavy atom. The molecule has 0 unspecified atom stereocenters. The fraction of sp³-hybridized carbons (Fsp3) is 0.702. The van der Waals surface area contributed by atoms with Crippen LogP contribution in [-0.2, 0) is 23.8 Å². The van der Waals surface area contributed by atoms with Gasteiger partial charge in [-0.25, -0.2) is 0 Å². The molecular formula is C47H77NO18. The van der Waals surface area contributed by atoms with Gasteiger partial charge in [0.05, 0.1) is 85.7 Å². The van der Waals surface area contributed by atoms with Crippen LogP contribution in [0.2, 0.25) is 0 Å². The van der Waals surface area contributed by atoms with E-state index in [1.807, 2.05) is 49.5 Å². The SMILES string of the molecule is C[C@H]([C@H](O)[C@@H](C)/C=C/C=C/CC/C=C/C=C/C=C/C=C/[C@@H](C[C@@H]1O[C@](O)(C[C@@H](O)[C@H](O)CC[C@@H](O)C[C@@H](O)C[C@@H](O)CC(=O)O)C[C@H](O)[C@H]1C(=O)O)O[C@@H]1O[C@H](C)[C@@H](O)[C@H](N)[C@@H]1O)[C@H](C)O. The molecule has 0 aromatic rings. The molecule has 19 atom stereocenters. The second-order valence-corrected chi connectivity index (χ2v) is 17.8. The summed E-state index contributed by atoms with van der Waals surface area (Å²) in [7, 11) is 0. The molecule has 2 saturated heterocycles. The molecular weight excluding hydrogens is 867 g/mol. The lowest BCUT2D eigenvalue weighted by atomic mass is 9.82. The number of rotatable bonds is 29. The maximum absolute atomic E-state index is 12.5. The summed E-state index contributed by atoms with van der Waals surface area (Å²) in [5, 5.41) is 134. The van der Waals surface area contributed by atoms with Gasteiger partial charge < -0.3 is 86.3 Å². The van der Waals surface area contributed by atoms with Gasteiger partial charge in [0.2, 0.25) is 0 Å². The van der Waals surface area contributed by atoms with Crippen molar-refractivity contribution in [3.05, 3.63) is 72.9 Å². The van der Waals surface area contributed by atoms with Crippen molar-refractivity contribution in [1.82, 2.24) is 0 Å².